The van der Waals surface area contributed by atoms with Crippen molar-refractivity contribution < 1.29 is 19.5 Å². The summed E-state index contributed by atoms with van der Waals surface area (Å²) in [6.07, 6.45) is 1.65. The Morgan fingerprint density at radius 3 is 2.30 bits per heavy atom. The van der Waals surface area contributed by atoms with E-state index in [-0.39, 0.29) is 5.91 Å². The molecule has 1 heterocycles. The van der Waals surface area contributed by atoms with Crippen molar-refractivity contribution in [1.82, 2.24) is 10.2 Å². The van der Waals surface area contributed by atoms with Gasteiger partial charge >= 0.3 is 12.0 Å². The van der Waals surface area contributed by atoms with Gasteiger partial charge in [-0.05, 0) is 66.6 Å². The van der Waals surface area contributed by atoms with E-state index in [2.05, 4.69) is 16.7 Å². The van der Waals surface area contributed by atoms with Gasteiger partial charge in [-0.3, -0.25) is 4.79 Å². The summed E-state index contributed by atoms with van der Waals surface area (Å²) in [5.41, 5.74) is 3.90. The lowest BCUT2D eigenvalue weighted by molar-refractivity contribution is -0.139. The number of nitrogens with one attached hydrogen (secondary N) is 2. The van der Waals surface area contributed by atoms with E-state index in [0.717, 1.165) is 18.4 Å². The first-order valence-electron chi connectivity index (χ1n) is 12.1. The highest BCUT2D eigenvalue weighted by Crippen LogP contribution is 2.29. The summed E-state index contributed by atoms with van der Waals surface area (Å²) < 4.78 is 0. The molecule has 8 nitrogen and oxygen atoms in total. The molecule has 0 spiro atoms. The van der Waals surface area contributed by atoms with Gasteiger partial charge in [0.05, 0.1) is 11.6 Å². The molecule has 0 radical (unpaired) electrons. The summed E-state index contributed by atoms with van der Waals surface area (Å²) in [4.78, 5) is 39.4. The van der Waals surface area contributed by atoms with Gasteiger partial charge in [0, 0.05) is 24.3 Å². The Kier molecular flexibility index (Phi) is 7.84. The van der Waals surface area contributed by atoms with Crippen molar-refractivity contribution in [3.63, 3.8) is 0 Å². The standard InChI is InChI=1S/C29H28N4O4/c1-19-7-10-24(17-25(19)31-29(37)32-26(28(35)36)23-5-3-2-4-6-23)27(34)33-15-13-22(14-16-33)21-11-8-20(18-30)9-12-21/h2-12,17,22,26H,13-16H2,1H3,(H,35,36)(H2,31,32,37)/t26-/m0/s1. The monoisotopic (exact) mass is 496 g/mol. The second-order valence-corrected chi connectivity index (χ2v) is 9.11. The van der Waals surface area contributed by atoms with Crippen molar-refractivity contribution in [2.24, 2.45) is 0 Å². The average molecular weight is 497 g/mol. The topological polar surface area (TPSA) is 123 Å². The van der Waals surface area contributed by atoms with Crippen molar-refractivity contribution in [2.45, 2.75) is 31.7 Å². The normalized spacial score (nSPS) is 14.3. The Morgan fingerprint density at radius 1 is 1.00 bits per heavy atom. The minimum absolute atomic E-state index is 0.116. The minimum Gasteiger partial charge on any atom is -0.479 e. The largest absolute Gasteiger partial charge is 0.479 e. The third-order valence-corrected chi connectivity index (χ3v) is 6.68. The predicted molar refractivity (Wildman–Crippen MR) is 139 cm³/mol. The van der Waals surface area contributed by atoms with Crippen LogP contribution in [0.3, 0.4) is 0 Å². The van der Waals surface area contributed by atoms with Crippen LogP contribution in [0.15, 0.2) is 72.8 Å². The zero-order valence-corrected chi connectivity index (χ0v) is 20.5. The summed E-state index contributed by atoms with van der Waals surface area (Å²) in [6.45, 7) is 3.02. The highest BCUT2D eigenvalue weighted by Gasteiger charge is 2.26. The number of piperidine rings is 1. The lowest BCUT2D eigenvalue weighted by atomic mass is 9.89. The molecule has 188 valence electrons. The molecule has 1 aliphatic heterocycles. The van der Waals surface area contributed by atoms with E-state index in [0.29, 0.717) is 41.4 Å². The number of nitrogens with zero attached hydrogens (tertiary/aromatic N) is 2. The number of likely N-dealkylation sites (tertiary alicyclic amines) is 1. The molecule has 3 aromatic rings. The number of hydrogen-bond donors (Lipinski definition) is 3. The van der Waals surface area contributed by atoms with Crippen LogP contribution in [0.25, 0.3) is 0 Å². The number of anilines is 1. The van der Waals surface area contributed by atoms with Crippen LogP contribution >= 0.6 is 0 Å². The SMILES string of the molecule is Cc1ccc(C(=O)N2CCC(c3ccc(C#N)cc3)CC2)cc1NC(=O)N[C@H](C(=O)O)c1ccccc1. The van der Waals surface area contributed by atoms with Gasteiger partial charge in [0.15, 0.2) is 6.04 Å². The maximum Gasteiger partial charge on any atom is 0.330 e. The van der Waals surface area contributed by atoms with E-state index in [1.54, 1.807) is 55.5 Å². The molecule has 37 heavy (non-hydrogen) atoms. The molecule has 4 rings (SSSR count). The van der Waals surface area contributed by atoms with Crippen molar-refractivity contribution in [1.29, 1.82) is 5.26 Å². The molecule has 0 aliphatic carbocycles. The van der Waals surface area contributed by atoms with Crippen LogP contribution in [0.2, 0.25) is 0 Å². The van der Waals surface area contributed by atoms with Gasteiger partial charge in [-0.15, -0.1) is 0 Å². The Labute approximate surface area is 215 Å². The number of carboxylic acid groups (broad SMARTS) is 1. The van der Waals surface area contributed by atoms with E-state index in [9.17, 15) is 19.5 Å². The van der Waals surface area contributed by atoms with Crippen LogP contribution < -0.4 is 10.6 Å². The highest BCUT2D eigenvalue weighted by atomic mass is 16.4. The molecule has 1 saturated heterocycles. The molecule has 0 unspecified atom stereocenters. The summed E-state index contributed by atoms with van der Waals surface area (Å²) in [6, 6.07) is 21.4. The molecular formula is C29H28N4O4. The molecule has 0 aromatic heterocycles. The number of carboxylic acids is 1. The van der Waals surface area contributed by atoms with Gasteiger partial charge < -0.3 is 20.6 Å². The first-order valence-corrected chi connectivity index (χ1v) is 12.1. The number of rotatable bonds is 6. The molecule has 1 atom stereocenters. The number of aliphatic carboxylic acids is 1. The molecule has 0 saturated carbocycles. The van der Waals surface area contributed by atoms with Crippen molar-refractivity contribution in [3.05, 3.63) is 101 Å². The lowest BCUT2D eigenvalue weighted by Crippen LogP contribution is -2.38. The van der Waals surface area contributed by atoms with E-state index in [4.69, 9.17) is 5.26 Å². The Morgan fingerprint density at radius 2 is 1.68 bits per heavy atom. The quantitative estimate of drug-likeness (QED) is 0.451. The molecule has 3 amide bonds. The number of hydrogen-bond acceptors (Lipinski definition) is 4. The number of amides is 3. The Balaban J connectivity index is 1.39. The Hall–Kier alpha value is -4.64. The van der Waals surface area contributed by atoms with Gasteiger partial charge in [0.2, 0.25) is 0 Å². The zero-order valence-electron chi connectivity index (χ0n) is 20.5. The number of carbonyl (C=O) groups is 3. The van der Waals surface area contributed by atoms with E-state index >= 15 is 0 Å². The second-order valence-electron chi connectivity index (χ2n) is 9.11. The predicted octanol–water partition coefficient (Wildman–Crippen LogP) is 4.83. The maximum absolute atomic E-state index is 13.2. The molecule has 3 aromatic carbocycles. The van der Waals surface area contributed by atoms with Crippen molar-refractivity contribution >= 4 is 23.6 Å². The number of benzene rings is 3. The van der Waals surface area contributed by atoms with Gasteiger partial charge in [-0.2, -0.15) is 5.26 Å². The van der Waals surface area contributed by atoms with Crippen LogP contribution in [0.5, 0.6) is 0 Å². The van der Waals surface area contributed by atoms with Crippen molar-refractivity contribution in [3.8, 4) is 6.07 Å². The van der Waals surface area contributed by atoms with Crippen molar-refractivity contribution in [2.75, 3.05) is 18.4 Å². The fourth-order valence-electron chi connectivity index (χ4n) is 4.54. The summed E-state index contributed by atoms with van der Waals surface area (Å²) in [7, 11) is 0. The zero-order chi connectivity index (χ0) is 26.4. The third-order valence-electron chi connectivity index (χ3n) is 6.68. The molecule has 0 bridgehead atoms. The fourth-order valence-corrected chi connectivity index (χ4v) is 4.54. The summed E-state index contributed by atoms with van der Waals surface area (Å²) in [5, 5.41) is 23.7. The van der Waals surface area contributed by atoms with E-state index < -0.39 is 18.0 Å². The van der Waals surface area contributed by atoms with Crippen LogP contribution in [0.4, 0.5) is 10.5 Å². The number of urea groups is 1. The van der Waals surface area contributed by atoms with Gasteiger partial charge in [0.1, 0.15) is 0 Å². The van der Waals surface area contributed by atoms with Crippen LogP contribution in [0, 0.1) is 18.3 Å². The molecular weight excluding hydrogens is 468 g/mol. The molecule has 1 fully saturated rings. The van der Waals surface area contributed by atoms with Crippen LogP contribution in [0.1, 0.15) is 57.4 Å². The summed E-state index contributed by atoms with van der Waals surface area (Å²) in [5.74, 6) is -0.955. The summed E-state index contributed by atoms with van der Waals surface area (Å²) >= 11 is 0. The van der Waals surface area contributed by atoms with Gasteiger partial charge in [-0.1, -0.05) is 48.5 Å². The number of carbonyl (C=O) groups excluding carboxylic acids is 2. The maximum atomic E-state index is 13.2. The first kappa shape index (κ1) is 25.5. The van der Waals surface area contributed by atoms with Gasteiger partial charge in [0.25, 0.3) is 5.91 Å². The second kappa shape index (κ2) is 11.4. The smallest absolute Gasteiger partial charge is 0.330 e. The van der Waals surface area contributed by atoms with Crippen LogP contribution in [-0.4, -0.2) is 41.0 Å². The van der Waals surface area contributed by atoms with E-state index in [1.165, 1.54) is 5.56 Å². The van der Waals surface area contributed by atoms with E-state index in [1.807, 2.05) is 29.2 Å². The van der Waals surface area contributed by atoms with Crippen LogP contribution in [-0.2, 0) is 4.79 Å². The molecule has 1 aliphatic rings. The minimum atomic E-state index is -1.20. The number of nitriles is 1. The Bertz CT molecular complexity index is 1320. The lowest BCUT2D eigenvalue weighted by Gasteiger charge is -2.32. The fraction of sp³-hybridized carbons (Fsp3) is 0.241. The first-order chi connectivity index (χ1) is 17.9. The highest BCUT2D eigenvalue weighted by molar-refractivity contribution is 5.98. The molecule has 8 heteroatoms. The third kappa shape index (κ3) is 6.14. The average Bonchev–Trinajstić information content (AvgIpc) is 2.93. The number of aryl methyl sites for hydroxylation is 1. The van der Waals surface area contributed by atoms with Gasteiger partial charge in [-0.25, -0.2) is 9.59 Å². The molecule has 3 N–H and O–H groups in total.